The highest BCUT2D eigenvalue weighted by atomic mass is 16.3. The first kappa shape index (κ1) is 13.3. The summed E-state index contributed by atoms with van der Waals surface area (Å²) in [5, 5.41) is 11.8. The predicted octanol–water partition coefficient (Wildman–Crippen LogP) is -0.760. The average molecular weight is 251 g/mol. The smallest absolute Gasteiger partial charge is 0.234 e. The Balaban J connectivity index is 2.00. The molecule has 2 rings (SSSR count). The molecule has 100 valence electrons. The van der Waals surface area contributed by atoms with E-state index in [4.69, 9.17) is 10.8 Å². The lowest BCUT2D eigenvalue weighted by molar-refractivity contribution is -0.135. The van der Waals surface area contributed by atoms with Crippen molar-refractivity contribution >= 4 is 5.91 Å². The summed E-state index contributed by atoms with van der Waals surface area (Å²) in [6.45, 7) is 4.61. The second-order valence-electron chi connectivity index (χ2n) is 5.01. The van der Waals surface area contributed by atoms with E-state index < -0.39 is 5.41 Å². The third kappa shape index (κ3) is 2.09. The van der Waals surface area contributed by atoms with Gasteiger partial charge in [0, 0.05) is 32.2 Å². The molecule has 2 unspecified atom stereocenters. The van der Waals surface area contributed by atoms with E-state index >= 15 is 0 Å². The Morgan fingerprint density at radius 1 is 1.61 bits per heavy atom. The van der Waals surface area contributed by atoms with Gasteiger partial charge in [0.2, 0.25) is 5.91 Å². The number of hydrogen-bond acceptors (Lipinski definition) is 4. The third-order valence-corrected chi connectivity index (χ3v) is 3.89. The number of hydrogen-bond donors (Lipinski definition) is 3. The molecule has 18 heavy (non-hydrogen) atoms. The number of nitrogens with two attached hydrogens (primary N) is 1. The number of nitrogens with one attached hydrogen (secondary N) is 1. The minimum Gasteiger partial charge on any atom is -0.395 e. The lowest BCUT2D eigenvalue weighted by Crippen LogP contribution is -2.47. The van der Waals surface area contributed by atoms with E-state index in [2.05, 4.69) is 5.32 Å². The Kier molecular flexibility index (Phi) is 3.85. The fraction of sp³-hybridized carbons (Fsp3) is 0.615. The zero-order valence-corrected chi connectivity index (χ0v) is 10.7. The van der Waals surface area contributed by atoms with Crippen LogP contribution in [0.4, 0.5) is 0 Å². The second-order valence-corrected chi connectivity index (χ2v) is 5.01. The minimum absolute atomic E-state index is 0.108. The molecule has 0 spiro atoms. The Labute approximate surface area is 107 Å². The van der Waals surface area contributed by atoms with E-state index in [1.807, 2.05) is 30.1 Å². The van der Waals surface area contributed by atoms with Crippen molar-refractivity contribution in [1.82, 2.24) is 10.2 Å². The second kappa shape index (κ2) is 5.22. The van der Waals surface area contributed by atoms with Crippen molar-refractivity contribution in [3.63, 3.8) is 0 Å². The predicted molar refractivity (Wildman–Crippen MR) is 69.8 cm³/mol. The Hall–Kier alpha value is -1.17. The van der Waals surface area contributed by atoms with Crippen LogP contribution in [0, 0.1) is 5.41 Å². The molecule has 1 fully saturated rings. The van der Waals surface area contributed by atoms with Gasteiger partial charge in [-0.1, -0.05) is 18.2 Å². The molecule has 0 saturated carbocycles. The summed E-state index contributed by atoms with van der Waals surface area (Å²) in [6.07, 6.45) is 5.82. The summed E-state index contributed by atoms with van der Waals surface area (Å²) in [4.78, 5) is 14.3. The molecular formula is C13H21N3O2. The van der Waals surface area contributed by atoms with Gasteiger partial charge in [-0.3, -0.25) is 4.79 Å². The highest BCUT2D eigenvalue weighted by Gasteiger charge is 2.50. The van der Waals surface area contributed by atoms with Crippen molar-refractivity contribution in [1.29, 1.82) is 0 Å². The molecule has 0 aromatic rings. The van der Waals surface area contributed by atoms with Crippen LogP contribution in [0.15, 0.2) is 23.8 Å². The number of likely N-dealkylation sites (tertiary alicyclic amines) is 1. The molecule has 4 N–H and O–H groups in total. The van der Waals surface area contributed by atoms with Gasteiger partial charge in [-0.2, -0.15) is 0 Å². The number of allylic oxidation sites excluding steroid dienone is 2. The standard InChI is InChI=1S/C13H21N3O2/c1-13-10(3-2-4-11(13)14)9-16(12(13)18)7-5-15-6-8-17/h2-4,11,15,17H,5-9,14H2,1H3. The highest BCUT2D eigenvalue weighted by molar-refractivity contribution is 5.91. The number of aliphatic hydroxyl groups excluding tert-OH is 1. The van der Waals surface area contributed by atoms with E-state index in [0.717, 1.165) is 5.57 Å². The van der Waals surface area contributed by atoms with Gasteiger partial charge < -0.3 is 21.1 Å². The Bertz CT molecular complexity index is 392. The van der Waals surface area contributed by atoms with E-state index in [1.165, 1.54) is 0 Å². The molecule has 2 atom stereocenters. The molecule has 5 nitrogen and oxygen atoms in total. The van der Waals surface area contributed by atoms with Crippen molar-refractivity contribution in [3.8, 4) is 0 Å². The first-order valence-electron chi connectivity index (χ1n) is 6.35. The van der Waals surface area contributed by atoms with Gasteiger partial charge in [-0.25, -0.2) is 0 Å². The molecule has 1 aliphatic heterocycles. The summed E-state index contributed by atoms with van der Waals surface area (Å²) in [7, 11) is 0. The summed E-state index contributed by atoms with van der Waals surface area (Å²) in [6, 6.07) is -0.236. The SMILES string of the molecule is CC12C(=O)N(CCNCCO)CC1=CC=CC2N. The van der Waals surface area contributed by atoms with Crippen molar-refractivity contribution in [3.05, 3.63) is 23.8 Å². The Morgan fingerprint density at radius 3 is 3.06 bits per heavy atom. The van der Waals surface area contributed by atoms with Crippen LogP contribution in [0.5, 0.6) is 0 Å². The topological polar surface area (TPSA) is 78.6 Å². The highest BCUT2D eigenvalue weighted by Crippen LogP contribution is 2.41. The van der Waals surface area contributed by atoms with Gasteiger partial charge >= 0.3 is 0 Å². The average Bonchev–Trinajstić information content (AvgIpc) is 2.61. The van der Waals surface area contributed by atoms with Gasteiger partial charge in [-0.15, -0.1) is 0 Å². The molecule has 1 aliphatic carbocycles. The minimum atomic E-state index is -0.564. The van der Waals surface area contributed by atoms with Crippen LogP contribution in [-0.2, 0) is 4.79 Å². The zero-order valence-electron chi connectivity index (χ0n) is 10.7. The first-order valence-corrected chi connectivity index (χ1v) is 6.35. The molecule has 5 heteroatoms. The number of nitrogens with zero attached hydrogens (tertiary/aromatic N) is 1. The van der Waals surface area contributed by atoms with Crippen molar-refractivity contribution in [2.45, 2.75) is 13.0 Å². The molecule has 1 amide bonds. The third-order valence-electron chi connectivity index (χ3n) is 3.89. The maximum absolute atomic E-state index is 12.4. The molecule has 0 radical (unpaired) electrons. The van der Waals surface area contributed by atoms with Crippen molar-refractivity contribution < 1.29 is 9.90 Å². The number of rotatable bonds is 5. The number of carbonyl (C=O) groups excluding carboxylic acids is 1. The number of carbonyl (C=O) groups is 1. The number of aliphatic hydroxyl groups is 1. The summed E-state index contributed by atoms with van der Waals surface area (Å²) in [5.74, 6) is 0.108. The molecule has 2 aliphatic rings. The van der Waals surface area contributed by atoms with Crippen molar-refractivity contribution in [2.24, 2.45) is 11.1 Å². The lowest BCUT2D eigenvalue weighted by Gasteiger charge is -2.30. The zero-order chi connectivity index (χ0) is 13.2. The van der Waals surface area contributed by atoms with E-state index in [-0.39, 0.29) is 18.6 Å². The molecule has 0 bridgehead atoms. The van der Waals surface area contributed by atoms with Gasteiger partial charge in [0.05, 0.1) is 12.0 Å². The van der Waals surface area contributed by atoms with Gasteiger partial charge in [0.1, 0.15) is 0 Å². The van der Waals surface area contributed by atoms with E-state index in [9.17, 15) is 4.79 Å². The Morgan fingerprint density at radius 2 is 2.39 bits per heavy atom. The van der Waals surface area contributed by atoms with Crippen LogP contribution in [0.3, 0.4) is 0 Å². The largest absolute Gasteiger partial charge is 0.395 e. The molecular weight excluding hydrogens is 230 g/mol. The summed E-state index contributed by atoms with van der Waals surface area (Å²) in [5.41, 5.74) is 6.60. The maximum atomic E-state index is 12.4. The normalized spacial score (nSPS) is 30.6. The molecule has 0 aromatic heterocycles. The fourth-order valence-corrected chi connectivity index (χ4v) is 2.57. The van der Waals surface area contributed by atoms with Gasteiger partial charge in [-0.05, 0) is 12.5 Å². The lowest BCUT2D eigenvalue weighted by atomic mass is 9.75. The summed E-state index contributed by atoms with van der Waals surface area (Å²) < 4.78 is 0. The van der Waals surface area contributed by atoms with Crippen molar-refractivity contribution in [2.75, 3.05) is 32.8 Å². The van der Waals surface area contributed by atoms with Crippen LogP contribution < -0.4 is 11.1 Å². The monoisotopic (exact) mass is 251 g/mol. The number of fused-ring (bicyclic) bond motifs is 1. The van der Waals surface area contributed by atoms with Gasteiger partial charge in [0.15, 0.2) is 0 Å². The van der Waals surface area contributed by atoms with Crippen LogP contribution in [-0.4, -0.2) is 54.7 Å². The van der Waals surface area contributed by atoms with Crippen LogP contribution in [0.2, 0.25) is 0 Å². The quantitative estimate of drug-likeness (QED) is 0.561. The number of amides is 1. The van der Waals surface area contributed by atoms with E-state index in [0.29, 0.717) is 26.2 Å². The molecule has 1 heterocycles. The molecule has 0 aromatic carbocycles. The molecule has 1 saturated heterocycles. The summed E-state index contributed by atoms with van der Waals surface area (Å²) >= 11 is 0. The van der Waals surface area contributed by atoms with Crippen LogP contribution in [0.1, 0.15) is 6.92 Å². The van der Waals surface area contributed by atoms with Crippen LogP contribution >= 0.6 is 0 Å². The van der Waals surface area contributed by atoms with E-state index in [1.54, 1.807) is 0 Å². The maximum Gasteiger partial charge on any atom is 0.234 e. The fourth-order valence-electron chi connectivity index (χ4n) is 2.57. The van der Waals surface area contributed by atoms with Gasteiger partial charge in [0.25, 0.3) is 0 Å². The van der Waals surface area contributed by atoms with Crippen LogP contribution in [0.25, 0.3) is 0 Å². The first-order chi connectivity index (χ1) is 8.60.